The fourth-order valence-electron chi connectivity index (χ4n) is 3.50. The van der Waals surface area contributed by atoms with Crippen LogP contribution in [0, 0.1) is 0 Å². The fourth-order valence-corrected chi connectivity index (χ4v) is 6.44. The summed E-state index contributed by atoms with van der Waals surface area (Å²) in [6.07, 6.45) is 2.27. The molecule has 11 heteroatoms. The number of rotatable bonds is 13. The minimum atomic E-state index is -1.13. The molecule has 3 heterocycles. The van der Waals surface area contributed by atoms with Crippen molar-refractivity contribution in [1.29, 1.82) is 0 Å². The smallest absolute Gasteiger partial charge is 0.326 e. The molecule has 3 aromatic heterocycles. The van der Waals surface area contributed by atoms with Crippen LogP contribution < -0.4 is 10.6 Å². The summed E-state index contributed by atoms with van der Waals surface area (Å²) in [6.45, 7) is 2.92. The van der Waals surface area contributed by atoms with Crippen LogP contribution in [0.15, 0.2) is 50.9 Å². The minimum Gasteiger partial charge on any atom is -0.480 e. The van der Waals surface area contributed by atoms with Gasteiger partial charge in [0.1, 0.15) is 12.1 Å². The van der Waals surface area contributed by atoms with Gasteiger partial charge >= 0.3 is 12.0 Å². The summed E-state index contributed by atoms with van der Waals surface area (Å²) in [4.78, 5) is 42.9. The van der Waals surface area contributed by atoms with E-state index in [-0.39, 0.29) is 12.3 Å². The third-order valence-corrected chi connectivity index (χ3v) is 8.69. The molecule has 7 nitrogen and oxygen atoms in total. The lowest BCUT2D eigenvalue weighted by Gasteiger charge is -2.28. The molecular weight excluding hydrogens is 570 g/mol. The monoisotopic (exact) mass is 597 g/mol. The van der Waals surface area contributed by atoms with Crippen LogP contribution in [-0.2, 0) is 29.1 Å². The highest BCUT2D eigenvalue weighted by Gasteiger charge is 2.28. The zero-order chi connectivity index (χ0) is 25.2. The normalized spacial score (nSPS) is 12.6. The maximum Gasteiger partial charge on any atom is 0.326 e. The number of hydrogen-bond acceptors (Lipinski definition) is 6. The van der Waals surface area contributed by atoms with Crippen LogP contribution >= 0.6 is 49.9 Å². The summed E-state index contributed by atoms with van der Waals surface area (Å²) in [6, 6.07) is 7.20. The Morgan fingerprint density at radius 1 is 1.00 bits per heavy atom. The first-order valence-corrected chi connectivity index (χ1v) is 14.6. The number of aliphatic carboxylic acids is 1. The van der Waals surface area contributed by atoms with E-state index in [0.717, 1.165) is 31.9 Å². The Morgan fingerprint density at radius 3 is 2.11 bits per heavy atom. The Morgan fingerprint density at radius 2 is 1.63 bits per heavy atom. The van der Waals surface area contributed by atoms with Crippen molar-refractivity contribution in [2.24, 2.45) is 0 Å². The summed E-state index contributed by atoms with van der Waals surface area (Å²) < 4.78 is 0.868. The number of unbranched alkanes of at least 4 members (excludes halogenated alkanes) is 1. The number of nitrogens with one attached hydrogen (secondary N) is 2. The number of urea groups is 1. The Bertz CT molecular complexity index is 1050. The number of carbonyl (C=O) groups excluding carboxylic acids is 2. The van der Waals surface area contributed by atoms with E-state index < -0.39 is 24.1 Å². The van der Waals surface area contributed by atoms with Gasteiger partial charge in [-0.25, -0.2) is 9.59 Å². The standard InChI is InChI=1S/C24H28BrN3O4S3/c1-2-3-8-20(26-24(32)27-21(23(30)31)12-19-11-16(25)15-35-19)22(29)28(13-17-6-4-9-33-17)14-18-7-5-10-34-18/h4-7,9-11,15,20-21H,2-3,8,12-14H2,1H3,(H,30,31)(H2,26,27,32)/t20-,21?/m0/s1. The number of carbonyl (C=O) groups is 3. The van der Waals surface area contributed by atoms with Gasteiger partial charge in [0.25, 0.3) is 0 Å². The molecule has 0 aliphatic carbocycles. The first kappa shape index (κ1) is 27.4. The maximum atomic E-state index is 13.6. The highest BCUT2D eigenvalue weighted by Crippen LogP contribution is 2.21. The molecular formula is C24H28BrN3O4S3. The molecule has 3 amide bonds. The fraction of sp³-hybridized carbons (Fsp3) is 0.375. The van der Waals surface area contributed by atoms with Gasteiger partial charge in [0.15, 0.2) is 0 Å². The number of hydrogen-bond donors (Lipinski definition) is 3. The van der Waals surface area contributed by atoms with Crippen molar-refractivity contribution in [2.45, 2.75) is 57.8 Å². The van der Waals surface area contributed by atoms with Crippen molar-refractivity contribution in [2.75, 3.05) is 0 Å². The van der Waals surface area contributed by atoms with Crippen molar-refractivity contribution in [3.63, 3.8) is 0 Å². The number of halogens is 1. The van der Waals surface area contributed by atoms with Gasteiger partial charge < -0.3 is 20.6 Å². The Balaban J connectivity index is 1.71. The number of carboxylic acids is 1. The summed E-state index contributed by atoms with van der Waals surface area (Å²) in [5.74, 6) is -1.30. The Kier molecular flexibility index (Phi) is 10.8. The van der Waals surface area contributed by atoms with Crippen molar-refractivity contribution in [1.82, 2.24) is 15.5 Å². The second kappa shape index (κ2) is 13.8. The van der Waals surface area contributed by atoms with Crippen molar-refractivity contribution < 1.29 is 19.5 Å². The van der Waals surface area contributed by atoms with Crippen LogP contribution in [0.2, 0.25) is 0 Å². The average molecular weight is 599 g/mol. The lowest BCUT2D eigenvalue weighted by molar-refractivity contribution is -0.139. The molecule has 0 spiro atoms. The summed E-state index contributed by atoms with van der Waals surface area (Å²) in [7, 11) is 0. The first-order valence-electron chi connectivity index (χ1n) is 11.2. The van der Waals surface area contributed by atoms with Crippen LogP contribution in [0.5, 0.6) is 0 Å². The lowest BCUT2D eigenvalue weighted by Crippen LogP contribution is -2.54. The molecule has 0 aliphatic heterocycles. The van der Waals surface area contributed by atoms with Gasteiger partial charge in [-0.15, -0.1) is 34.0 Å². The third kappa shape index (κ3) is 8.75. The lowest BCUT2D eigenvalue weighted by atomic mass is 10.1. The topological polar surface area (TPSA) is 98.7 Å². The quantitative estimate of drug-likeness (QED) is 0.235. The highest BCUT2D eigenvalue weighted by molar-refractivity contribution is 9.10. The van der Waals surface area contributed by atoms with Gasteiger partial charge in [-0.3, -0.25) is 4.79 Å². The molecule has 2 atom stereocenters. The molecule has 0 saturated carbocycles. The summed E-state index contributed by atoms with van der Waals surface area (Å²) in [5, 5.41) is 20.7. The number of nitrogens with zero attached hydrogens (tertiary/aromatic N) is 1. The van der Waals surface area contributed by atoms with Gasteiger partial charge in [-0.2, -0.15) is 0 Å². The molecule has 0 saturated heterocycles. The van der Waals surface area contributed by atoms with Gasteiger partial charge in [-0.1, -0.05) is 31.9 Å². The number of carboxylic acid groups (broad SMARTS) is 1. The Labute approximate surface area is 225 Å². The molecule has 1 unspecified atom stereocenters. The van der Waals surface area contributed by atoms with Crippen molar-refractivity contribution >= 4 is 67.8 Å². The average Bonchev–Trinajstić information content (AvgIpc) is 3.59. The molecule has 0 aliphatic rings. The van der Waals surface area contributed by atoms with E-state index in [1.165, 1.54) is 11.3 Å². The van der Waals surface area contributed by atoms with E-state index in [1.807, 2.05) is 53.4 Å². The number of thiophene rings is 3. The van der Waals surface area contributed by atoms with E-state index in [0.29, 0.717) is 19.5 Å². The van der Waals surface area contributed by atoms with E-state index in [9.17, 15) is 19.5 Å². The molecule has 3 N–H and O–H groups in total. The van der Waals surface area contributed by atoms with Crippen LogP contribution in [0.4, 0.5) is 4.79 Å². The molecule has 0 aromatic carbocycles. The van der Waals surface area contributed by atoms with Crippen LogP contribution in [0.1, 0.15) is 40.8 Å². The minimum absolute atomic E-state index is 0.162. The molecule has 188 valence electrons. The van der Waals surface area contributed by atoms with Gasteiger partial charge in [0.05, 0.1) is 13.1 Å². The third-order valence-electron chi connectivity index (χ3n) is 5.25. The van der Waals surface area contributed by atoms with Crippen LogP contribution in [0.25, 0.3) is 0 Å². The maximum absolute atomic E-state index is 13.6. The van der Waals surface area contributed by atoms with E-state index in [2.05, 4.69) is 26.6 Å². The summed E-state index contributed by atoms with van der Waals surface area (Å²) in [5.41, 5.74) is 0. The van der Waals surface area contributed by atoms with Gasteiger partial charge in [0, 0.05) is 30.9 Å². The molecule has 3 rings (SSSR count). The predicted molar refractivity (Wildman–Crippen MR) is 145 cm³/mol. The Hall–Kier alpha value is -2.21. The van der Waals surface area contributed by atoms with Crippen LogP contribution in [-0.4, -0.2) is 40.0 Å². The van der Waals surface area contributed by atoms with Crippen molar-refractivity contribution in [3.05, 3.63) is 65.6 Å². The van der Waals surface area contributed by atoms with E-state index >= 15 is 0 Å². The molecule has 0 fully saturated rings. The second-order valence-corrected chi connectivity index (χ2v) is 12.0. The SMILES string of the molecule is CCCC[C@H](NC(=O)NC(Cc1cc(Br)cs1)C(=O)O)C(=O)N(Cc1cccs1)Cc1cccs1. The largest absolute Gasteiger partial charge is 0.480 e. The van der Waals surface area contributed by atoms with Crippen LogP contribution in [0.3, 0.4) is 0 Å². The van der Waals surface area contributed by atoms with Gasteiger partial charge in [-0.05, 0) is 51.3 Å². The first-order chi connectivity index (χ1) is 16.9. The predicted octanol–water partition coefficient (Wildman–Crippen LogP) is 5.72. The number of amides is 3. The highest BCUT2D eigenvalue weighted by atomic mass is 79.9. The molecule has 0 bridgehead atoms. The van der Waals surface area contributed by atoms with Gasteiger partial charge in [0.2, 0.25) is 5.91 Å². The molecule has 0 radical (unpaired) electrons. The van der Waals surface area contributed by atoms with Crippen molar-refractivity contribution in [3.8, 4) is 0 Å². The molecule has 3 aromatic rings. The van der Waals surface area contributed by atoms with E-state index in [1.54, 1.807) is 27.6 Å². The van der Waals surface area contributed by atoms with E-state index in [4.69, 9.17) is 0 Å². The summed E-state index contributed by atoms with van der Waals surface area (Å²) >= 11 is 7.94. The second-order valence-electron chi connectivity index (χ2n) is 7.99. The zero-order valence-corrected chi connectivity index (χ0v) is 23.3. The zero-order valence-electron chi connectivity index (χ0n) is 19.2. The molecule has 35 heavy (non-hydrogen) atoms.